The number of methoxy groups -OCH3 is 1. The summed E-state index contributed by atoms with van der Waals surface area (Å²) >= 11 is 0. The summed E-state index contributed by atoms with van der Waals surface area (Å²) in [6.07, 6.45) is 3.01. The number of amides is 1. The number of rotatable bonds is 3. The molecule has 6 nitrogen and oxygen atoms in total. The number of H-pyrrole nitrogens is 1. The van der Waals surface area contributed by atoms with E-state index in [1.165, 1.54) is 0 Å². The topological polar surface area (TPSA) is 70.2 Å². The third-order valence-electron chi connectivity index (χ3n) is 4.06. The second kappa shape index (κ2) is 5.73. The van der Waals surface area contributed by atoms with E-state index in [0.717, 1.165) is 17.1 Å². The molecule has 1 aromatic heterocycles. The van der Waals surface area contributed by atoms with Crippen molar-refractivity contribution in [2.45, 2.75) is 6.17 Å². The molecule has 0 saturated heterocycles. The van der Waals surface area contributed by atoms with E-state index < -0.39 is 6.17 Å². The van der Waals surface area contributed by atoms with Crippen molar-refractivity contribution < 1.29 is 9.53 Å². The maximum absolute atomic E-state index is 13.1. The molecule has 24 heavy (non-hydrogen) atoms. The van der Waals surface area contributed by atoms with Crippen LogP contribution in [0.5, 0.6) is 5.75 Å². The second-order valence-corrected chi connectivity index (χ2v) is 5.44. The van der Waals surface area contributed by atoms with E-state index in [0.29, 0.717) is 11.4 Å². The molecule has 1 amide bonds. The van der Waals surface area contributed by atoms with Crippen LogP contribution in [0, 0.1) is 0 Å². The summed E-state index contributed by atoms with van der Waals surface area (Å²) in [4.78, 5) is 22.2. The molecule has 0 unspecified atom stereocenters. The molecule has 1 aliphatic rings. The van der Waals surface area contributed by atoms with Crippen molar-refractivity contribution in [3.63, 3.8) is 0 Å². The third kappa shape index (κ3) is 2.28. The molecule has 2 N–H and O–H groups in total. The molecule has 6 heteroatoms. The van der Waals surface area contributed by atoms with Gasteiger partial charge in [0, 0.05) is 23.8 Å². The molecule has 1 aliphatic heterocycles. The lowest BCUT2D eigenvalue weighted by Crippen LogP contribution is -2.43. The Kier molecular flexibility index (Phi) is 3.42. The molecule has 0 saturated carbocycles. The minimum absolute atomic E-state index is 0.0732. The Hall–Kier alpha value is -3.28. The molecule has 0 bridgehead atoms. The van der Waals surface area contributed by atoms with Gasteiger partial charge in [-0.15, -0.1) is 0 Å². The maximum atomic E-state index is 13.1. The number of hydrogen-bond donors (Lipinski definition) is 2. The van der Waals surface area contributed by atoms with Crippen LogP contribution in [0.3, 0.4) is 0 Å². The first-order chi connectivity index (χ1) is 11.8. The summed E-state index contributed by atoms with van der Waals surface area (Å²) in [5.41, 5.74) is 2.20. The quantitative estimate of drug-likeness (QED) is 0.777. The van der Waals surface area contributed by atoms with E-state index in [4.69, 9.17) is 4.74 Å². The molecule has 2 aromatic carbocycles. The highest BCUT2D eigenvalue weighted by Crippen LogP contribution is 2.35. The van der Waals surface area contributed by atoms with Gasteiger partial charge in [0.1, 0.15) is 11.6 Å². The monoisotopic (exact) mass is 320 g/mol. The predicted octanol–water partition coefficient (Wildman–Crippen LogP) is 3.19. The number of carbonyl (C=O) groups excluding carboxylic acids is 1. The molecule has 2 heterocycles. The fourth-order valence-corrected chi connectivity index (χ4v) is 2.88. The predicted molar refractivity (Wildman–Crippen MR) is 91.2 cm³/mol. The van der Waals surface area contributed by atoms with Crippen molar-refractivity contribution in [3.8, 4) is 5.75 Å². The standard InChI is InChI=1S/C18H16N4O2/c1-24-13-8-6-12(7-9-13)22-17(16-19-10-11-20-16)21-15-5-3-2-4-14(15)18(22)23/h2-11,17,21H,1H3,(H,19,20)/t17-/m0/s1. The minimum atomic E-state index is -0.407. The van der Waals surface area contributed by atoms with E-state index in [9.17, 15) is 4.79 Å². The number of aromatic amines is 1. The highest BCUT2D eigenvalue weighted by atomic mass is 16.5. The molecule has 120 valence electrons. The fourth-order valence-electron chi connectivity index (χ4n) is 2.88. The van der Waals surface area contributed by atoms with Gasteiger partial charge in [-0.05, 0) is 36.4 Å². The summed E-state index contributed by atoms with van der Waals surface area (Å²) in [5, 5.41) is 3.39. The van der Waals surface area contributed by atoms with E-state index in [1.54, 1.807) is 24.4 Å². The minimum Gasteiger partial charge on any atom is -0.497 e. The number of aromatic nitrogens is 2. The molecule has 0 fully saturated rings. The van der Waals surface area contributed by atoms with Crippen LogP contribution < -0.4 is 15.0 Å². The zero-order valence-electron chi connectivity index (χ0n) is 13.1. The van der Waals surface area contributed by atoms with Crippen molar-refractivity contribution in [1.82, 2.24) is 9.97 Å². The Labute approximate surface area is 139 Å². The number of nitrogens with zero attached hydrogens (tertiary/aromatic N) is 2. The summed E-state index contributed by atoms with van der Waals surface area (Å²) in [7, 11) is 1.62. The first-order valence-electron chi connectivity index (χ1n) is 7.60. The highest BCUT2D eigenvalue weighted by Gasteiger charge is 2.35. The van der Waals surface area contributed by atoms with Gasteiger partial charge >= 0.3 is 0 Å². The second-order valence-electron chi connectivity index (χ2n) is 5.44. The average molecular weight is 320 g/mol. The zero-order valence-corrected chi connectivity index (χ0v) is 13.1. The van der Waals surface area contributed by atoms with Crippen LogP contribution in [0.4, 0.5) is 11.4 Å². The largest absolute Gasteiger partial charge is 0.497 e. The Morgan fingerprint density at radius 1 is 1.12 bits per heavy atom. The number of para-hydroxylation sites is 1. The molecular weight excluding hydrogens is 304 g/mol. The number of imidazole rings is 1. The summed E-state index contributed by atoms with van der Waals surface area (Å²) in [5.74, 6) is 1.34. The van der Waals surface area contributed by atoms with Gasteiger partial charge in [-0.25, -0.2) is 4.98 Å². The molecular formula is C18H16N4O2. The lowest BCUT2D eigenvalue weighted by molar-refractivity contribution is 0.0974. The molecule has 3 aromatic rings. The van der Waals surface area contributed by atoms with E-state index in [-0.39, 0.29) is 5.91 Å². The SMILES string of the molecule is COc1ccc(N2C(=O)c3ccccc3N[C@@H]2c2ncc[nH]2)cc1. The van der Waals surface area contributed by atoms with Gasteiger partial charge in [0.05, 0.1) is 12.7 Å². The first kappa shape index (κ1) is 14.3. The Morgan fingerprint density at radius 3 is 2.62 bits per heavy atom. The number of benzene rings is 2. The Balaban J connectivity index is 1.82. The fraction of sp³-hybridized carbons (Fsp3) is 0.111. The number of nitrogens with one attached hydrogen (secondary N) is 2. The number of ether oxygens (including phenoxy) is 1. The van der Waals surface area contributed by atoms with Crippen LogP contribution in [0.2, 0.25) is 0 Å². The van der Waals surface area contributed by atoms with Gasteiger partial charge in [0.25, 0.3) is 5.91 Å². The maximum Gasteiger partial charge on any atom is 0.262 e. The number of anilines is 2. The van der Waals surface area contributed by atoms with Crippen molar-refractivity contribution >= 4 is 17.3 Å². The van der Waals surface area contributed by atoms with E-state index >= 15 is 0 Å². The summed E-state index contributed by atoms with van der Waals surface area (Å²) < 4.78 is 5.20. The molecule has 0 aliphatic carbocycles. The van der Waals surface area contributed by atoms with Crippen LogP contribution in [0.25, 0.3) is 0 Å². The summed E-state index contributed by atoms with van der Waals surface area (Å²) in [6.45, 7) is 0. The van der Waals surface area contributed by atoms with Crippen molar-refractivity contribution in [1.29, 1.82) is 0 Å². The van der Waals surface area contributed by atoms with Crippen LogP contribution in [0.15, 0.2) is 60.9 Å². The lowest BCUT2D eigenvalue weighted by Gasteiger charge is -2.36. The lowest BCUT2D eigenvalue weighted by atomic mass is 10.1. The highest BCUT2D eigenvalue weighted by molar-refractivity contribution is 6.12. The number of carbonyl (C=O) groups is 1. The molecule has 0 radical (unpaired) electrons. The van der Waals surface area contributed by atoms with Gasteiger partial charge in [0.15, 0.2) is 6.17 Å². The first-order valence-corrected chi connectivity index (χ1v) is 7.60. The van der Waals surface area contributed by atoms with Gasteiger partial charge in [-0.2, -0.15) is 0 Å². The van der Waals surface area contributed by atoms with Gasteiger partial charge < -0.3 is 15.0 Å². The number of hydrogen-bond acceptors (Lipinski definition) is 4. The third-order valence-corrected chi connectivity index (χ3v) is 4.06. The Bertz CT molecular complexity index is 859. The molecule has 4 rings (SSSR count). The average Bonchev–Trinajstić information content (AvgIpc) is 3.16. The van der Waals surface area contributed by atoms with Gasteiger partial charge in [0.2, 0.25) is 0 Å². The van der Waals surface area contributed by atoms with Crippen LogP contribution in [0.1, 0.15) is 22.3 Å². The van der Waals surface area contributed by atoms with Crippen molar-refractivity contribution in [3.05, 3.63) is 72.3 Å². The summed E-state index contributed by atoms with van der Waals surface area (Å²) in [6, 6.07) is 14.9. The normalized spacial score (nSPS) is 16.5. The van der Waals surface area contributed by atoms with Crippen LogP contribution in [-0.4, -0.2) is 23.0 Å². The van der Waals surface area contributed by atoms with Crippen molar-refractivity contribution in [2.24, 2.45) is 0 Å². The van der Waals surface area contributed by atoms with Gasteiger partial charge in [-0.1, -0.05) is 12.1 Å². The zero-order chi connectivity index (χ0) is 16.5. The smallest absolute Gasteiger partial charge is 0.262 e. The van der Waals surface area contributed by atoms with Gasteiger partial charge in [-0.3, -0.25) is 9.69 Å². The Morgan fingerprint density at radius 2 is 1.92 bits per heavy atom. The van der Waals surface area contributed by atoms with Crippen LogP contribution >= 0.6 is 0 Å². The van der Waals surface area contributed by atoms with E-state index in [1.807, 2.05) is 48.5 Å². The van der Waals surface area contributed by atoms with Crippen molar-refractivity contribution in [2.75, 3.05) is 17.3 Å². The van der Waals surface area contributed by atoms with E-state index in [2.05, 4.69) is 15.3 Å². The number of fused-ring (bicyclic) bond motifs is 1. The molecule has 1 atom stereocenters. The van der Waals surface area contributed by atoms with Crippen LogP contribution in [-0.2, 0) is 0 Å². The molecule has 0 spiro atoms.